The topological polar surface area (TPSA) is 197 Å². The Hall–Kier alpha value is -4.31. The maximum absolute atomic E-state index is 14.2. The van der Waals surface area contributed by atoms with Gasteiger partial charge in [0.15, 0.2) is 11.4 Å². The molecule has 14 heteroatoms. The van der Waals surface area contributed by atoms with Crippen molar-refractivity contribution in [3.63, 3.8) is 0 Å². The Kier molecular flexibility index (Phi) is 6.61. The number of benzene rings is 2. The Balaban J connectivity index is 1.52. The molecule has 1 saturated carbocycles. The third-order valence-corrected chi connectivity index (χ3v) is 9.38. The van der Waals surface area contributed by atoms with Crippen LogP contribution in [0.2, 0.25) is 0 Å². The summed E-state index contributed by atoms with van der Waals surface area (Å²) in [7, 11) is 0. The molecule has 2 bridgehead atoms. The molecule has 2 aromatic rings. The van der Waals surface area contributed by atoms with Gasteiger partial charge in [0.25, 0.3) is 0 Å². The Labute approximate surface area is 244 Å². The first-order chi connectivity index (χ1) is 20.4. The van der Waals surface area contributed by atoms with Gasteiger partial charge in [-0.05, 0) is 26.0 Å². The number of ether oxygens (including phenoxy) is 1. The minimum atomic E-state index is -1.65. The maximum atomic E-state index is 14.2. The Morgan fingerprint density at radius 3 is 1.67 bits per heavy atom. The smallest absolute Gasteiger partial charge is 0.334 e. The van der Waals surface area contributed by atoms with Crippen molar-refractivity contribution in [1.82, 2.24) is 0 Å². The van der Waals surface area contributed by atoms with Crippen LogP contribution in [0.1, 0.15) is 20.8 Å². The van der Waals surface area contributed by atoms with E-state index < -0.39 is 75.1 Å². The van der Waals surface area contributed by atoms with Crippen molar-refractivity contribution in [2.24, 2.45) is 35.0 Å². The van der Waals surface area contributed by atoms with Crippen molar-refractivity contribution in [3.05, 3.63) is 70.1 Å². The molecule has 5 aliphatic rings. The van der Waals surface area contributed by atoms with Gasteiger partial charge in [0, 0.05) is 41.2 Å². The van der Waals surface area contributed by atoms with Gasteiger partial charge >= 0.3 is 5.97 Å². The van der Waals surface area contributed by atoms with Gasteiger partial charge in [0.1, 0.15) is 0 Å². The minimum Gasteiger partial charge on any atom is -0.595 e. The number of carbonyl (C=O) groups excluding carboxylic acids is 5. The summed E-state index contributed by atoms with van der Waals surface area (Å²) in [6.45, 7) is 4.73. The van der Waals surface area contributed by atoms with E-state index in [-0.39, 0.29) is 34.9 Å². The van der Waals surface area contributed by atoms with Crippen molar-refractivity contribution in [1.29, 1.82) is 0 Å². The highest BCUT2D eigenvalue weighted by molar-refractivity contribution is 6.27. The average molecular weight is 593 g/mol. The van der Waals surface area contributed by atoms with Gasteiger partial charge < -0.3 is 15.2 Å². The molecule has 224 valence electrons. The summed E-state index contributed by atoms with van der Waals surface area (Å²) >= 11 is 0. The number of carbonyl (C=O) groups is 5. The highest BCUT2D eigenvalue weighted by atomic mass is 16.8. The Morgan fingerprint density at radius 1 is 0.837 bits per heavy atom. The van der Waals surface area contributed by atoms with E-state index in [1.807, 2.05) is 0 Å². The number of allylic oxidation sites excluding steroid dienone is 1. The van der Waals surface area contributed by atoms with Crippen molar-refractivity contribution in [2.75, 3.05) is 16.4 Å². The number of imide groups is 2. The zero-order valence-electron chi connectivity index (χ0n) is 23.3. The summed E-state index contributed by atoms with van der Waals surface area (Å²) in [6, 6.07) is 10.7. The van der Waals surface area contributed by atoms with Crippen molar-refractivity contribution in [3.8, 4) is 0 Å². The predicted molar refractivity (Wildman–Crippen MR) is 144 cm³/mol. The number of esters is 1. The van der Waals surface area contributed by atoms with E-state index in [1.165, 1.54) is 55.5 Å². The van der Waals surface area contributed by atoms with Crippen LogP contribution < -0.4 is 20.3 Å². The molecule has 0 radical (unpaired) electrons. The van der Waals surface area contributed by atoms with Gasteiger partial charge in [-0.3, -0.25) is 19.2 Å². The zero-order valence-corrected chi connectivity index (χ0v) is 23.3. The predicted octanol–water partition coefficient (Wildman–Crippen LogP) is -0.0659. The summed E-state index contributed by atoms with van der Waals surface area (Å²) in [6.07, 6.45) is 0. The average Bonchev–Trinajstić information content (AvgIpc) is 3.39. The standard InChI is InChI=1S/C29H28N4O10/c1-4-43-28(38)21-13(2)18-19-22(26(36)30(24(19)34)14-7-5-9-16(11-14)32(39)40)29(21,3)23-20(18)25(35)31(27(23)37)15-8-6-10-17(12-15)33(41)42/h5-12,18-20,22-23,32-33,39,41H,4H2,1-3H3/t18?,19-,20-,22-,23+,29?/m1/s1. The van der Waals surface area contributed by atoms with Crippen LogP contribution in [0.25, 0.3) is 0 Å². The second kappa shape index (κ2) is 9.87. The molecular weight excluding hydrogens is 564 g/mol. The molecule has 8 atom stereocenters. The lowest BCUT2D eigenvalue weighted by Gasteiger charge is -2.55. The van der Waals surface area contributed by atoms with E-state index in [4.69, 9.17) is 4.74 Å². The maximum Gasteiger partial charge on any atom is 0.334 e. The summed E-state index contributed by atoms with van der Waals surface area (Å²) in [5.74, 6) is -9.25. The first-order valence-corrected chi connectivity index (χ1v) is 13.7. The van der Waals surface area contributed by atoms with Gasteiger partial charge in [-0.25, -0.2) is 25.0 Å². The first kappa shape index (κ1) is 28.8. The zero-order chi connectivity index (χ0) is 31.1. The lowest BCUT2D eigenvalue weighted by atomic mass is 9.43. The SMILES string of the molecule is CCOC(=O)C1=C(C)C2[C@H]3C(=O)N(c4cccc([NH+]([O-])O)c4)C(=O)[C@H]3C1(C)[C@H]1C(=O)N(c3cccc([NH+]([O-])O)c3)C(=O)[C@H]21. The monoisotopic (exact) mass is 592 g/mol. The van der Waals surface area contributed by atoms with Crippen LogP contribution in [-0.4, -0.2) is 46.6 Å². The molecule has 2 aliphatic heterocycles. The Morgan fingerprint density at radius 2 is 1.28 bits per heavy atom. The lowest BCUT2D eigenvalue weighted by Crippen LogP contribution is -2.99. The first-order valence-electron chi connectivity index (χ1n) is 13.7. The van der Waals surface area contributed by atoms with E-state index in [2.05, 4.69) is 0 Å². The van der Waals surface area contributed by atoms with Crippen molar-refractivity contribution >= 4 is 52.3 Å². The molecular formula is C29H28N4O10. The van der Waals surface area contributed by atoms with E-state index in [0.717, 1.165) is 9.80 Å². The fourth-order valence-electron chi connectivity index (χ4n) is 7.87. The summed E-state index contributed by atoms with van der Waals surface area (Å²) < 4.78 is 5.35. The fourth-order valence-corrected chi connectivity index (χ4v) is 7.87. The van der Waals surface area contributed by atoms with Crippen LogP contribution in [0, 0.1) is 45.4 Å². The molecule has 4 amide bonds. The summed E-state index contributed by atoms with van der Waals surface area (Å²) in [5.41, 5.74) is -1.47. The molecule has 7 rings (SSSR count). The second-order valence-corrected chi connectivity index (χ2v) is 11.3. The normalized spacial score (nSPS) is 31.0. The molecule has 43 heavy (non-hydrogen) atoms. The van der Waals surface area contributed by atoms with Crippen molar-refractivity contribution < 1.29 is 49.6 Å². The summed E-state index contributed by atoms with van der Waals surface area (Å²) in [5, 5.41) is 39.7. The van der Waals surface area contributed by atoms with Crippen LogP contribution in [0.5, 0.6) is 0 Å². The molecule has 2 aromatic carbocycles. The van der Waals surface area contributed by atoms with E-state index in [9.17, 15) is 44.8 Å². The van der Waals surface area contributed by atoms with Crippen LogP contribution in [-0.2, 0) is 28.7 Å². The van der Waals surface area contributed by atoms with Crippen molar-refractivity contribution in [2.45, 2.75) is 20.8 Å². The minimum absolute atomic E-state index is 0.000511. The molecule has 0 aromatic heterocycles. The van der Waals surface area contributed by atoms with Crippen LogP contribution >= 0.6 is 0 Å². The Bertz CT molecular complexity index is 1540. The van der Waals surface area contributed by atoms with Crippen LogP contribution in [0.4, 0.5) is 22.7 Å². The van der Waals surface area contributed by atoms with E-state index >= 15 is 0 Å². The van der Waals surface area contributed by atoms with E-state index in [1.54, 1.807) is 13.8 Å². The molecule has 3 fully saturated rings. The van der Waals surface area contributed by atoms with Crippen LogP contribution in [0.15, 0.2) is 59.7 Å². The van der Waals surface area contributed by atoms with E-state index in [0.29, 0.717) is 5.57 Å². The highest BCUT2D eigenvalue weighted by Crippen LogP contribution is 2.68. The quantitative estimate of drug-likeness (QED) is 0.200. The largest absolute Gasteiger partial charge is 0.595 e. The molecule has 3 aliphatic carbocycles. The van der Waals surface area contributed by atoms with Gasteiger partial charge in [0.2, 0.25) is 23.6 Å². The number of amides is 4. The number of nitrogens with one attached hydrogen (secondary N) is 2. The molecule has 4 unspecified atom stereocenters. The molecule has 0 spiro atoms. The third kappa shape index (κ3) is 3.78. The fraction of sp³-hybridized carbons (Fsp3) is 0.345. The van der Waals surface area contributed by atoms with Gasteiger partial charge in [0.05, 0.1) is 41.7 Å². The van der Waals surface area contributed by atoms with Gasteiger partial charge in [-0.1, -0.05) is 24.6 Å². The van der Waals surface area contributed by atoms with Gasteiger partial charge in [-0.2, -0.15) is 10.5 Å². The molecule has 14 nitrogen and oxygen atoms in total. The summed E-state index contributed by atoms with van der Waals surface area (Å²) in [4.78, 5) is 71.9. The number of quaternary nitrogens is 2. The second-order valence-electron chi connectivity index (χ2n) is 11.3. The number of rotatable bonds is 6. The number of hydrogen-bond donors (Lipinski definition) is 4. The van der Waals surface area contributed by atoms with Gasteiger partial charge in [-0.15, -0.1) is 0 Å². The van der Waals surface area contributed by atoms with Crippen LogP contribution in [0.3, 0.4) is 0 Å². The number of anilines is 2. The molecule has 2 saturated heterocycles. The highest BCUT2D eigenvalue weighted by Gasteiger charge is 2.77. The number of nitrogens with zero attached hydrogens (tertiary/aromatic N) is 2. The third-order valence-electron chi connectivity index (χ3n) is 9.38. The lowest BCUT2D eigenvalue weighted by molar-refractivity contribution is -0.991. The molecule has 4 N–H and O–H groups in total. The molecule has 2 heterocycles. The number of hydrogen-bond acceptors (Lipinski definition) is 10.